The molecule has 1 aromatic rings. The molecule has 2 saturated carbocycles. The van der Waals surface area contributed by atoms with Crippen molar-refractivity contribution in [2.45, 2.75) is 16.1 Å². The van der Waals surface area contributed by atoms with E-state index in [2.05, 4.69) is 31.9 Å². The number of carbonyl (C=O) groups excluding carboxylic acids is 4. The monoisotopic (exact) mass is 542 g/mol. The zero-order chi connectivity index (χ0) is 21.7. The molecule has 9 nitrogen and oxygen atoms in total. The molecule has 3 fully saturated rings. The Morgan fingerprint density at radius 1 is 1.13 bits per heavy atom. The summed E-state index contributed by atoms with van der Waals surface area (Å²) >= 11 is 7.18. The van der Waals surface area contributed by atoms with Crippen molar-refractivity contribution >= 4 is 61.1 Å². The summed E-state index contributed by atoms with van der Waals surface area (Å²) in [6.45, 7) is -1.19. The van der Waals surface area contributed by atoms with Crippen LogP contribution in [0.1, 0.15) is 16.8 Å². The molecule has 0 radical (unpaired) electrons. The van der Waals surface area contributed by atoms with Gasteiger partial charge in [0, 0.05) is 27.4 Å². The molecule has 1 aliphatic heterocycles. The van der Waals surface area contributed by atoms with Crippen molar-refractivity contribution in [2.24, 2.45) is 23.7 Å². The lowest BCUT2D eigenvalue weighted by Gasteiger charge is -2.28. The van der Waals surface area contributed by atoms with E-state index >= 15 is 0 Å². The van der Waals surface area contributed by atoms with Crippen molar-refractivity contribution in [1.82, 2.24) is 4.90 Å². The number of alkyl halides is 2. The van der Waals surface area contributed by atoms with Crippen LogP contribution in [0.25, 0.3) is 0 Å². The molecule has 0 spiro atoms. The minimum absolute atomic E-state index is 0.0307. The number of carbonyl (C=O) groups is 4. The molecule has 2 amide bonds. The number of esters is 1. The van der Waals surface area contributed by atoms with E-state index in [0.717, 1.165) is 17.4 Å². The molecule has 1 heterocycles. The van der Waals surface area contributed by atoms with Gasteiger partial charge in [-0.1, -0.05) is 44.0 Å². The number of benzene rings is 1. The summed E-state index contributed by atoms with van der Waals surface area (Å²) in [5.41, 5.74) is -0.222. The van der Waals surface area contributed by atoms with E-state index in [0.29, 0.717) is 0 Å². The Kier molecular flexibility index (Phi) is 5.52. The maximum Gasteiger partial charge on any atom is 0.326 e. The van der Waals surface area contributed by atoms with Gasteiger partial charge in [-0.15, -0.1) is 0 Å². The number of imide groups is 1. The number of hydrogen-bond donors (Lipinski definition) is 0. The number of non-ortho nitro benzene ring substituents is 1. The number of halogens is 2. The number of nitrogens with zero attached hydrogens (tertiary/aromatic N) is 2. The molecule has 30 heavy (non-hydrogen) atoms. The van der Waals surface area contributed by atoms with E-state index in [1.165, 1.54) is 18.2 Å². The number of ketones is 1. The second kappa shape index (κ2) is 7.84. The van der Waals surface area contributed by atoms with Gasteiger partial charge in [-0.2, -0.15) is 0 Å². The normalized spacial score (nSPS) is 31.7. The summed E-state index contributed by atoms with van der Waals surface area (Å²) in [7, 11) is 0. The minimum Gasteiger partial charge on any atom is -0.456 e. The second-order valence-electron chi connectivity index (χ2n) is 7.66. The summed E-state index contributed by atoms with van der Waals surface area (Å²) in [5.74, 6) is -3.03. The first-order chi connectivity index (χ1) is 14.2. The average Bonchev–Trinajstić information content (AvgIpc) is 3.33. The van der Waals surface area contributed by atoms with E-state index < -0.39 is 41.7 Å². The first-order valence-corrected chi connectivity index (χ1v) is 11.1. The fourth-order valence-electron chi connectivity index (χ4n) is 4.76. The van der Waals surface area contributed by atoms with Crippen LogP contribution in [-0.4, -0.2) is 56.2 Å². The Hall–Kier alpha value is -2.14. The molecule has 2 bridgehead atoms. The van der Waals surface area contributed by atoms with Crippen LogP contribution < -0.4 is 0 Å². The maximum absolute atomic E-state index is 12.8. The van der Waals surface area contributed by atoms with Gasteiger partial charge in [-0.3, -0.25) is 34.2 Å². The molecule has 2 aliphatic carbocycles. The molecule has 1 aromatic carbocycles. The predicted octanol–water partition coefficient (Wildman–Crippen LogP) is 2.10. The van der Waals surface area contributed by atoms with Gasteiger partial charge in [0.1, 0.15) is 6.54 Å². The molecule has 158 valence electrons. The summed E-state index contributed by atoms with van der Waals surface area (Å²) < 4.78 is 4.93. The first-order valence-electron chi connectivity index (χ1n) is 9.27. The van der Waals surface area contributed by atoms with Crippen molar-refractivity contribution in [3.05, 3.63) is 39.9 Å². The van der Waals surface area contributed by atoms with Crippen LogP contribution >= 0.6 is 31.9 Å². The Morgan fingerprint density at radius 3 is 2.30 bits per heavy atom. The minimum atomic E-state index is -0.881. The molecule has 4 rings (SSSR count). The number of Topliss-reactive ketones (excluding diaryl/α,β-unsaturated/α-hetero) is 1. The highest BCUT2D eigenvalue weighted by Gasteiger charge is 2.66. The molecule has 6 atom stereocenters. The van der Waals surface area contributed by atoms with E-state index in [9.17, 15) is 29.3 Å². The molecule has 0 N–H and O–H groups in total. The maximum atomic E-state index is 12.8. The Morgan fingerprint density at radius 2 is 1.73 bits per heavy atom. The molecule has 11 heteroatoms. The van der Waals surface area contributed by atoms with E-state index in [-0.39, 0.29) is 44.6 Å². The third-order valence-electron chi connectivity index (χ3n) is 6.11. The smallest absolute Gasteiger partial charge is 0.326 e. The van der Waals surface area contributed by atoms with Crippen molar-refractivity contribution in [3.63, 3.8) is 0 Å². The van der Waals surface area contributed by atoms with Crippen LogP contribution in [0.3, 0.4) is 0 Å². The number of rotatable bonds is 6. The lowest BCUT2D eigenvalue weighted by molar-refractivity contribution is -0.384. The quantitative estimate of drug-likeness (QED) is 0.134. The molecular weight excluding hydrogens is 528 g/mol. The van der Waals surface area contributed by atoms with E-state index in [1.54, 1.807) is 0 Å². The molecule has 0 unspecified atom stereocenters. The van der Waals surface area contributed by atoms with Gasteiger partial charge < -0.3 is 4.74 Å². The van der Waals surface area contributed by atoms with Gasteiger partial charge in [-0.05, 0) is 18.3 Å². The zero-order valence-electron chi connectivity index (χ0n) is 15.4. The third-order valence-corrected chi connectivity index (χ3v) is 9.32. The molecule has 0 aromatic heterocycles. The van der Waals surface area contributed by atoms with Crippen LogP contribution in [0.4, 0.5) is 5.69 Å². The number of amides is 2. The van der Waals surface area contributed by atoms with Gasteiger partial charge in [0.05, 0.1) is 16.8 Å². The fourth-order valence-corrected chi connectivity index (χ4v) is 6.64. The Labute approximate surface area is 187 Å². The highest BCUT2D eigenvalue weighted by molar-refractivity contribution is 9.12. The number of ether oxygens (including phenoxy) is 1. The number of fused-ring (bicyclic) bond motifs is 5. The Balaban J connectivity index is 1.36. The number of hydrogen-bond acceptors (Lipinski definition) is 7. The summed E-state index contributed by atoms with van der Waals surface area (Å²) in [5, 5.41) is 10.8. The summed E-state index contributed by atoms with van der Waals surface area (Å²) in [4.78, 5) is 61.2. The van der Waals surface area contributed by atoms with Gasteiger partial charge in [0.2, 0.25) is 17.6 Å². The van der Waals surface area contributed by atoms with Crippen LogP contribution in [0.5, 0.6) is 0 Å². The highest BCUT2D eigenvalue weighted by atomic mass is 79.9. The third kappa shape index (κ3) is 3.37. The van der Waals surface area contributed by atoms with Crippen molar-refractivity contribution in [3.8, 4) is 0 Å². The van der Waals surface area contributed by atoms with Crippen LogP contribution in [0, 0.1) is 33.8 Å². The van der Waals surface area contributed by atoms with E-state index in [4.69, 9.17) is 4.74 Å². The molecule has 1 saturated heterocycles. The van der Waals surface area contributed by atoms with E-state index in [1.807, 2.05) is 0 Å². The van der Waals surface area contributed by atoms with Gasteiger partial charge in [0.25, 0.3) is 5.69 Å². The molecule has 3 aliphatic rings. The summed E-state index contributed by atoms with van der Waals surface area (Å²) in [6.07, 6.45) is 0.786. The predicted molar refractivity (Wildman–Crippen MR) is 109 cm³/mol. The van der Waals surface area contributed by atoms with Gasteiger partial charge >= 0.3 is 5.97 Å². The van der Waals surface area contributed by atoms with Crippen molar-refractivity contribution in [1.29, 1.82) is 0 Å². The topological polar surface area (TPSA) is 124 Å². The average molecular weight is 544 g/mol. The number of nitro groups is 1. The second-order valence-corrected chi connectivity index (χ2v) is 9.77. The zero-order valence-corrected chi connectivity index (χ0v) is 18.6. The van der Waals surface area contributed by atoms with Crippen LogP contribution in [-0.2, 0) is 19.1 Å². The molecular formula is C19H16Br2N2O7. The SMILES string of the molecule is O=C(CN1C(=O)[C@@H]2[C@@H]3C[C@@H]([C@H](Br)[C@@H]3Br)[C@@H]2C1=O)OCC(=O)c1cccc([N+](=O)[O-])c1. The number of nitro benzene ring substituents is 1. The number of likely N-dealkylation sites (tertiary alicyclic amines) is 1. The van der Waals surface area contributed by atoms with Crippen molar-refractivity contribution < 1.29 is 28.8 Å². The largest absolute Gasteiger partial charge is 0.456 e. The Bertz CT molecular complexity index is 936. The standard InChI is InChI=1S/C19H16Br2N2O7/c20-16-10-5-11(17(16)21)15-14(10)18(26)22(19(15)27)6-13(25)30-7-12(24)8-2-1-3-9(4-8)23(28)29/h1-4,10-11,14-17H,5-7H2/t10-,11+,14+,15-,16+,17-. The lowest BCUT2D eigenvalue weighted by Crippen LogP contribution is -2.38. The fraction of sp³-hybridized carbons (Fsp3) is 0.474. The first kappa shape index (κ1) is 21.1. The van der Waals surface area contributed by atoms with Crippen LogP contribution in [0.15, 0.2) is 24.3 Å². The highest BCUT2D eigenvalue weighted by Crippen LogP contribution is 2.60. The van der Waals surface area contributed by atoms with Gasteiger partial charge in [0.15, 0.2) is 6.61 Å². The lowest BCUT2D eigenvalue weighted by atomic mass is 9.81. The summed E-state index contributed by atoms with van der Waals surface area (Å²) in [6, 6.07) is 5.07. The van der Waals surface area contributed by atoms with Gasteiger partial charge in [-0.25, -0.2) is 0 Å². The van der Waals surface area contributed by atoms with Crippen LogP contribution in [0.2, 0.25) is 0 Å². The van der Waals surface area contributed by atoms with Crippen molar-refractivity contribution in [2.75, 3.05) is 13.2 Å².